The van der Waals surface area contributed by atoms with Gasteiger partial charge in [-0.25, -0.2) is 0 Å². The highest BCUT2D eigenvalue weighted by Gasteiger charge is 2.39. The lowest BCUT2D eigenvalue weighted by molar-refractivity contribution is -0.141. The van der Waals surface area contributed by atoms with E-state index in [0.29, 0.717) is 29.0 Å². The van der Waals surface area contributed by atoms with E-state index in [1.807, 2.05) is 30.3 Å². The third-order valence-corrected chi connectivity index (χ3v) is 8.20. The average molecular weight is 576 g/mol. The second-order valence-electron chi connectivity index (χ2n) is 9.92. The first-order valence-corrected chi connectivity index (χ1v) is 14.0. The number of aryl methyl sites for hydroxylation is 1. The number of nitrogens with two attached hydrogens (primary N) is 1. The molecule has 1 amide bonds. The summed E-state index contributed by atoms with van der Waals surface area (Å²) in [5, 5.41) is 13.4. The number of carbonyl (C=O) groups excluding carboxylic acids is 1. The summed E-state index contributed by atoms with van der Waals surface area (Å²) in [6, 6.07) is 20.2. The van der Waals surface area contributed by atoms with Crippen LogP contribution in [0.25, 0.3) is 11.1 Å². The molecule has 0 saturated heterocycles. The van der Waals surface area contributed by atoms with Crippen LogP contribution in [0.5, 0.6) is 0 Å². The fraction of sp³-hybridized carbons (Fsp3) is 0.258. The lowest BCUT2D eigenvalue weighted by Crippen LogP contribution is -2.37. The number of nitrogens with zero attached hydrogens (tertiary/aromatic N) is 4. The van der Waals surface area contributed by atoms with Gasteiger partial charge in [0, 0.05) is 47.8 Å². The zero-order valence-corrected chi connectivity index (χ0v) is 23.1. The maximum absolute atomic E-state index is 14.0. The van der Waals surface area contributed by atoms with Gasteiger partial charge in [0.05, 0.1) is 6.54 Å². The standard InChI is InChI=1S/C31H28F3N5OS/c1-2-39-18-27(30(37-39)31(32,33)34)24-11-7-6-10-23(24)26-17-38(19-28-25(26)15-22(16-35)41-28)29(40)13-12-21(36)14-20-8-4-3-5-9-20/h3-13,15,18,21,26H,2,14,17,19,36H2,1H3/b13-12+/t21?,26-/m0/s1. The van der Waals surface area contributed by atoms with Gasteiger partial charge in [-0.2, -0.15) is 23.5 Å². The number of benzene rings is 2. The number of alkyl halides is 3. The predicted molar refractivity (Wildman–Crippen MR) is 152 cm³/mol. The summed E-state index contributed by atoms with van der Waals surface area (Å²) in [6.07, 6.45) is 0.501. The third-order valence-electron chi connectivity index (χ3n) is 7.16. The molecule has 0 spiro atoms. The average Bonchev–Trinajstić information content (AvgIpc) is 3.60. The second kappa shape index (κ2) is 11.7. The summed E-state index contributed by atoms with van der Waals surface area (Å²) in [5.41, 5.74) is 8.24. The summed E-state index contributed by atoms with van der Waals surface area (Å²) in [7, 11) is 0. The van der Waals surface area contributed by atoms with Crippen LogP contribution >= 0.6 is 11.3 Å². The Labute approximate surface area is 240 Å². The van der Waals surface area contributed by atoms with E-state index in [0.717, 1.165) is 16.0 Å². The number of hydrogen-bond donors (Lipinski definition) is 1. The van der Waals surface area contributed by atoms with Crippen LogP contribution in [-0.2, 0) is 30.5 Å². The first-order valence-electron chi connectivity index (χ1n) is 13.2. The van der Waals surface area contributed by atoms with Gasteiger partial charge < -0.3 is 10.6 Å². The van der Waals surface area contributed by atoms with Crippen LogP contribution in [0.2, 0.25) is 0 Å². The Kier molecular flexibility index (Phi) is 8.10. The fourth-order valence-electron chi connectivity index (χ4n) is 5.21. The molecule has 1 aliphatic rings. The van der Waals surface area contributed by atoms with Gasteiger partial charge in [0.1, 0.15) is 10.9 Å². The van der Waals surface area contributed by atoms with Gasteiger partial charge in [0.2, 0.25) is 5.91 Å². The molecule has 4 aromatic rings. The van der Waals surface area contributed by atoms with E-state index < -0.39 is 17.8 Å². The zero-order chi connectivity index (χ0) is 29.1. The van der Waals surface area contributed by atoms with Crippen molar-refractivity contribution in [2.45, 2.75) is 44.6 Å². The zero-order valence-electron chi connectivity index (χ0n) is 22.3. The molecule has 3 heterocycles. The largest absolute Gasteiger partial charge is 0.435 e. The van der Waals surface area contributed by atoms with E-state index in [2.05, 4.69) is 11.2 Å². The van der Waals surface area contributed by atoms with Crippen molar-refractivity contribution in [1.29, 1.82) is 5.26 Å². The SMILES string of the molecule is CCn1cc(-c2ccccc2[C@@H]2CN(C(=O)/C=C/C(N)Cc3ccccc3)Cc3sc(C#N)cc32)c(C(F)(F)F)n1. The van der Waals surface area contributed by atoms with E-state index in [-0.39, 0.29) is 30.6 Å². The lowest BCUT2D eigenvalue weighted by atomic mass is 9.83. The van der Waals surface area contributed by atoms with Crippen molar-refractivity contribution in [2.24, 2.45) is 5.73 Å². The minimum atomic E-state index is -4.64. The summed E-state index contributed by atoms with van der Waals surface area (Å²) in [4.78, 5) is 16.3. The van der Waals surface area contributed by atoms with Gasteiger partial charge in [-0.15, -0.1) is 11.3 Å². The molecule has 10 heteroatoms. The lowest BCUT2D eigenvalue weighted by Gasteiger charge is -2.33. The number of rotatable bonds is 7. The van der Waals surface area contributed by atoms with Crippen molar-refractivity contribution >= 4 is 17.2 Å². The molecule has 0 aliphatic carbocycles. The van der Waals surface area contributed by atoms with Crippen molar-refractivity contribution in [3.05, 3.63) is 111 Å². The summed E-state index contributed by atoms with van der Waals surface area (Å²) in [5.74, 6) is -0.682. The van der Waals surface area contributed by atoms with Gasteiger partial charge >= 0.3 is 6.18 Å². The summed E-state index contributed by atoms with van der Waals surface area (Å²) in [6.45, 7) is 2.56. The quantitative estimate of drug-likeness (QED) is 0.269. The first-order chi connectivity index (χ1) is 19.7. The molecule has 1 aliphatic heterocycles. The van der Waals surface area contributed by atoms with E-state index >= 15 is 0 Å². The van der Waals surface area contributed by atoms with Crippen LogP contribution in [0.3, 0.4) is 0 Å². The maximum atomic E-state index is 14.0. The van der Waals surface area contributed by atoms with Gasteiger partial charge in [0.25, 0.3) is 0 Å². The van der Waals surface area contributed by atoms with Crippen molar-refractivity contribution < 1.29 is 18.0 Å². The molecule has 2 aromatic heterocycles. The van der Waals surface area contributed by atoms with Crippen molar-refractivity contribution in [3.63, 3.8) is 0 Å². The third kappa shape index (κ3) is 6.11. The van der Waals surface area contributed by atoms with Gasteiger partial charge in [-0.05, 0) is 41.7 Å². The highest BCUT2D eigenvalue weighted by molar-refractivity contribution is 7.12. The Morgan fingerprint density at radius 3 is 2.61 bits per heavy atom. The number of aromatic nitrogens is 2. The topological polar surface area (TPSA) is 87.9 Å². The Hall–Kier alpha value is -4.20. The molecule has 6 nitrogen and oxygen atoms in total. The Morgan fingerprint density at radius 1 is 1.17 bits per heavy atom. The van der Waals surface area contributed by atoms with Crippen molar-refractivity contribution in [3.8, 4) is 17.2 Å². The van der Waals surface area contributed by atoms with E-state index in [4.69, 9.17) is 5.73 Å². The molecular weight excluding hydrogens is 547 g/mol. The number of nitriles is 1. The molecule has 41 heavy (non-hydrogen) atoms. The van der Waals surface area contributed by atoms with E-state index in [9.17, 15) is 23.2 Å². The first kappa shape index (κ1) is 28.3. The molecule has 210 valence electrons. The monoisotopic (exact) mass is 575 g/mol. The Bertz CT molecular complexity index is 1620. The van der Waals surface area contributed by atoms with Gasteiger partial charge in [0.15, 0.2) is 5.69 Å². The summed E-state index contributed by atoms with van der Waals surface area (Å²) >= 11 is 1.30. The number of carbonyl (C=O) groups is 1. The number of thiophene rings is 1. The fourth-order valence-corrected chi connectivity index (χ4v) is 6.24. The Balaban J connectivity index is 1.49. The Morgan fingerprint density at radius 2 is 1.90 bits per heavy atom. The van der Waals surface area contributed by atoms with Crippen LogP contribution in [0.1, 0.15) is 45.0 Å². The molecule has 2 N–H and O–H groups in total. The molecule has 0 fully saturated rings. The van der Waals surface area contributed by atoms with Gasteiger partial charge in [-0.1, -0.05) is 60.7 Å². The molecule has 0 bridgehead atoms. The molecule has 0 radical (unpaired) electrons. The van der Waals surface area contributed by atoms with Crippen LogP contribution in [0.4, 0.5) is 13.2 Å². The van der Waals surface area contributed by atoms with Gasteiger partial charge in [-0.3, -0.25) is 9.48 Å². The van der Waals surface area contributed by atoms with Crippen molar-refractivity contribution in [1.82, 2.24) is 14.7 Å². The predicted octanol–water partition coefficient (Wildman–Crippen LogP) is 6.12. The molecule has 1 unspecified atom stereocenters. The van der Waals surface area contributed by atoms with Crippen LogP contribution in [0.15, 0.2) is 79.0 Å². The minimum Gasteiger partial charge on any atom is -0.333 e. The highest BCUT2D eigenvalue weighted by Crippen LogP contribution is 2.44. The number of fused-ring (bicyclic) bond motifs is 1. The van der Waals surface area contributed by atoms with Crippen molar-refractivity contribution in [2.75, 3.05) is 6.54 Å². The normalized spacial score (nSPS) is 16.0. The molecule has 5 rings (SSSR count). The highest BCUT2D eigenvalue weighted by atomic mass is 32.1. The smallest absolute Gasteiger partial charge is 0.333 e. The van der Waals surface area contributed by atoms with Crippen LogP contribution in [-0.4, -0.2) is 33.2 Å². The molecule has 2 atom stereocenters. The van der Waals surface area contributed by atoms with E-state index in [1.54, 1.807) is 48.2 Å². The summed E-state index contributed by atoms with van der Waals surface area (Å²) < 4.78 is 43.3. The van der Waals surface area contributed by atoms with Crippen LogP contribution < -0.4 is 5.73 Å². The number of amides is 1. The molecule has 0 saturated carbocycles. The van der Waals surface area contributed by atoms with Crippen LogP contribution in [0, 0.1) is 11.3 Å². The maximum Gasteiger partial charge on any atom is 0.435 e. The minimum absolute atomic E-state index is 0.0116. The van der Waals surface area contributed by atoms with E-state index in [1.165, 1.54) is 28.3 Å². The number of hydrogen-bond acceptors (Lipinski definition) is 5. The number of halogens is 3. The molecule has 2 aromatic carbocycles. The molecular formula is C31H28F3N5OS. The second-order valence-corrected chi connectivity index (χ2v) is 11.1.